The topological polar surface area (TPSA) is 41.9 Å². The van der Waals surface area contributed by atoms with Crippen LogP contribution in [0.4, 0.5) is 5.82 Å². The largest absolute Gasteiger partial charge is 0.361 e. The molecule has 10 heavy (non-hydrogen) atoms. The van der Waals surface area contributed by atoms with Crippen LogP contribution in [0.25, 0.3) is 0 Å². The smallest absolute Gasteiger partial charge is 0.150 e. The highest BCUT2D eigenvalue weighted by Crippen LogP contribution is 2.01. The molecule has 0 unspecified atom stereocenters. The summed E-state index contributed by atoms with van der Waals surface area (Å²) in [4.78, 5) is 6.02. The molecule has 1 aromatic heterocycles. The van der Waals surface area contributed by atoms with E-state index >= 15 is 0 Å². The fraction of sp³-hybridized carbons (Fsp3) is 0.500. The average molecular weight is 138 g/mol. The predicted octanol–water partition coefficient (Wildman–Crippen LogP) is 0.246. The number of hydrogen-bond acceptors (Lipinski definition) is 4. The zero-order valence-corrected chi connectivity index (χ0v) is 6.37. The average Bonchev–Trinajstić information content (AvgIpc) is 1.88. The summed E-state index contributed by atoms with van der Waals surface area (Å²) in [7, 11) is 3.84. The lowest BCUT2D eigenvalue weighted by Gasteiger charge is -2.08. The summed E-state index contributed by atoms with van der Waals surface area (Å²) >= 11 is 0. The van der Waals surface area contributed by atoms with Crippen molar-refractivity contribution in [3.05, 3.63) is 12.0 Å². The van der Waals surface area contributed by atoms with Crippen molar-refractivity contribution in [1.82, 2.24) is 15.2 Å². The number of aromatic nitrogens is 3. The molecule has 1 rings (SSSR count). The van der Waals surface area contributed by atoms with Gasteiger partial charge in [-0.15, -0.1) is 5.10 Å². The van der Waals surface area contributed by atoms with E-state index in [1.807, 2.05) is 25.9 Å². The number of aryl methyl sites for hydroxylation is 1. The fourth-order valence-electron chi connectivity index (χ4n) is 0.597. The monoisotopic (exact) mass is 138 g/mol. The van der Waals surface area contributed by atoms with Gasteiger partial charge in [0.05, 0.1) is 6.20 Å². The van der Waals surface area contributed by atoms with Crippen molar-refractivity contribution >= 4 is 5.82 Å². The molecule has 0 saturated heterocycles. The zero-order valence-electron chi connectivity index (χ0n) is 6.37. The van der Waals surface area contributed by atoms with Gasteiger partial charge in [0, 0.05) is 14.1 Å². The molecule has 0 aliphatic rings. The Labute approximate surface area is 59.9 Å². The van der Waals surface area contributed by atoms with Crippen molar-refractivity contribution in [2.75, 3.05) is 19.0 Å². The highest BCUT2D eigenvalue weighted by Gasteiger charge is 1.95. The van der Waals surface area contributed by atoms with Crippen LogP contribution in [0.5, 0.6) is 0 Å². The molecule has 4 heteroatoms. The van der Waals surface area contributed by atoms with Crippen LogP contribution < -0.4 is 4.90 Å². The van der Waals surface area contributed by atoms with E-state index in [-0.39, 0.29) is 0 Å². The second kappa shape index (κ2) is 2.60. The van der Waals surface area contributed by atoms with E-state index in [0.717, 1.165) is 5.82 Å². The van der Waals surface area contributed by atoms with Crippen LogP contribution in [-0.2, 0) is 0 Å². The quantitative estimate of drug-likeness (QED) is 0.557. The molecule has 0 aliphatic carbocycles. The third kappa shape index (κ3) is 1.40. The van der Waals surface area contributed by atoms with Crippen molar-refractivity contribution in [2.24, 2.45) is 0 Å². The molecule has 0 spiro atoms. The first-order valence-electron chi connectivity index (χ1n) is 3.04. The van der Waals surface area contributed by atoms with E-state index in [2.05, 4.69) is 15.2 Å². The second-order valence-corrected chi connectivity index (χ2v) is 2.26. The first kappa shape index (κ1) is 6.92. The summed E-state index contributed by atoms with van der Waals surface area (Å²) < 4.78 is 0. The molecule has 4 nitrogen and oxygen atoms in total. The van der Waals surface area contributed by atoms with Gasteiger partial charge in [0.1, 0.15) is 5.82 Å². The molecule has 0 fully saturated rings. The second-order valence-electron chi connectivity index (χ2n) is 2.26. The lowest BCUT2D eigenvalue weighted by atomic mass is 10.6. The summed E-state index contributed by atoms with van der Waals surface area (Å²) in [5.74, 6) is 1.54. The van der Waals surface area contributed by atoms with Crippen LogP contribution in [-0.4, -0.2) is 29.3 Å². The summed E-state index contributed by atoms with van der Waals surface area (Å²) in [6.07, 6.45) is 1.63. The van der Waals surface area contributed by atoms with Crippen LogP contribution in [0.1, 0.15) is 5.82 Å². The first-order valence-corrected chi connectivity index (χ1v) is 3.04. The van der Waals surface area contributed by atoms with Gasteiger partial charge in [0.2, 0.25) is 0 Å². The van der Waals surface area contributed by atoms with Gasteiger partial charge in [-0.2, -0.15) is 5.10 Å². The molecule has 1 heterocycles. The van der Waals surface area contributed by atoms with Crippen LogP contribution in [0, 0.1) is 6.92 Å². The van der Waals surface area contributed by atoms with Gasteiger partial charge in [-0.25, -0.2) is 4.98 Å². The number of rotatable bonds is 1. The maximum atomic E-state index is 4.12. The Hall–Kier alpha value is -1.19. The van der Waals surface area contributed by atoms with Gasteiger partial charge in [-0.3, -0.25) is 0 Å². The van der Waals surface area contributed by atoms with Gasteiger partial charge in [0.15, 0.2) is 5.82 Å². The normalized spacial score (nSPS) is 9.50. The van der Waals surface area contributed by atoms with Crippen LogP contribution in [0.2, 0.25) is 0 Å². The molecular weight excluding hydrogens is 128 g/mol. The van der Waals surface area contributed by atoms with E-state index in [0.29, 0.717) is 5.82 Å². The highest BCUT2D eigenvalue weighted by molar-refractivity contribution is 5.31. The third-order valence-electron chi connectivity index (χ3n) is 1.11. The minimum atomic E-state index is 0.700. The molecule has 0 aromatic carbocycles. The molecular formula is C6H10N4. The van der Waals surface area contributed by atoms with Crippen LogP contribution >= 0.6 is 0 Å². The van der Waals surface area contributed by atoms with Gasteiger partial charge in [-0.05, 0) is 6.92 Å². The Bertz CT molecular complexity index is 221. The van der Waals surface area contributed by atoms with E-state index in [9.17, 15) is 0 Å². The number of hydrogen-bond donors (Lipinski definition) is 0. The molecule has 0 aliphatic heterocycles. The Morgan fingerprint density at radius 1 is 1.40 bits per heavy atom. The number of anilines is 1. The van der Waals surface area contributed by atoms with E-state index in [1.54, 1.807) is 6.20 Å². The van der Waals surface area contributed by atoms with Gasteiger partial charge in [0.25, 0.3) is 0 Å². The minimum Gasteiger partial charge on any atom is -0.361 e. The molecule has 54 valence electrons. The van der Waals surface area contributed by atoms with Crippen LogP contribution in [0.15, 0.2) is 6.20 Å². The van der Waals surface area contributed by atoms with Crippen LogP contribution in [0.3, 0.4) is 0 Å². The Balaban J connectivity index is 2.96. The van der Waals surface area contributed by atoms with Crippen molar-refractivity contribution < 1.29 is 0 Å². The van der Waals surface area contributed by atoms with E-state index in [4.69, 9.17) is 0 Å². The van der Waals surface area contributed by atoms with Crippen molar-refractivity contribution in [3.63, 3.8) is 0 Å². The standard InChI is InChI=1S/C6H10N4/c1-5-8-6(10(2)3)4-7-9-5/h4H,1-3H3. The lowest BCUT2D eigenvalue weighted by molar-refractivity contribution is 0.884. The molecule has 0 amide bonds. The van der Waals surface area contributed by atoms with Gasteiger partial charge >= 0.3 is 0 Å². The summed E-state index contributed by atoms with van der Waals surface area (Å²) in [6.45, 7) is 1.82. The van der Waals surface area contributed by atoms with E-state index < -0.39 is 0 Å². The Morgan fingerprint density at radius 2 is 2.10 bits per heavy atom. The highest BCUT2D eigenvalue weighted by atomic mass is 15.2. The van der Waals surface area contributed by atoms with Gasteiger partial charge < -0.3 is 4.90 Å². The molecule has 0 radical (unpaired) electrons. The van der Waals surface area contributed by atoms with E-state index in [1.165, 1.54) is 0 Å². The van der Waals surface area contributed by atoms with Crippen molar-refractivity contribution in [2.45, 2.75) is 6.92 Å². The maximum Gasteiger partial charge on any atom is 0.150 e. The summed E-state index contributed by atoms with van der Waals surface area (Å²) in [5, 5.41) is 7.49. The third-order valence-corrected chi connectivity index (χ3v) is 1.11. The SMILES string of the molecule is Cc1nncc(N(C)C)n1. The molecule has 0 bridgehead atoms. The fourth-order valence-corrected chi connectivity index (χ4v) is 0.597. The zero-order chi connectivity index (χ0) is 7.56. The minimum absolute atomic E-state index is 0.700. The molecule has 0 saturated carbocycles. The number of nitrogens with zero attached hydrogens (tertiary/aromatic N) is 4. The Kier molecular flexibility index (Phi) is 1.80. The molecule has 0 atom stereocenters. The maximum absolute atomic E-state index is 4.12. The van der Waals surface area contributed by atoms with Crippen molar-refractivity contribution in [1.29, 1.82) is 0 Å². The molecule has 0 N–H and O–H groups in total. The predicted molar refractivity (Wildman–Crippen MR) is 38.9 cm³/mol. The summed E-state index contributed by atoms with van der Waals surface area (Å²) in [6, 6.07) is 0. The van der Waals surface area contributed by atoms with Crippen molar-refractivity contribution in [3.8, 4) is 0 Å². The first-order chi connectivity index (χ1) is 4.70. The lowest BCUT2D eigenvalue weighted by Crippen LogP contribution is -2.12. The van der Waals surface area contributed by atoms with Gasteiger partial charge in [-0.1, -0.05) is 0 Å². The molecule has 1 aromatic rings. The summed E-state index contributed by atoms with van der Waals surface area (Å²) in [5.41, 5.74) is 0. The Morgan fingerprint density at radius 3 is 2.50 bits per heavy atom.